The summed E-state index contributed by atoms with van der Waals surface area (Å²) in [5.41, 5.74) is 0. The lowest BCUT2D eigenvalue weighted by Gasteiger charge is -2.07. The van der Waals surface area contributed by atoms with Crippen LogP contribution in [0.15, 0.2) is 24.3 Å². The number of unbranched alkanes of at least 4 members (excludes halogenated alkanes) is 23. The van der Waals surface area contributed by atoms with Crippen LogP contribution < -0.4 is 10.6 Å². The highest BCUT2D eigenvalue weighted by molar-refractivity contribution is 5.75. The zero-order valence-corrected chi connectivity index (χ0v) is 28.8. The van der Waals surface area contributed by atoms with Gasteiger partial charge in [0.25, 0.3) is 0 Å². The van der Waals surface area contributed by atoms with Gasteiger partial charge in [0.05, 0.1) is 0 Å². The van der Waals surface area contributed by atoms with Crippen LogP contribution in [0.1, 0.15) is 200 Å². The molecule has 0 aliphatic carbocycles. The second-order valence-corrected chi connectivity index (χ2v) is 12.7. The second kappa shape index (κ2) is 37.9. The standard InChI is InChI=1S/C39H76N2O/c1-3-5-7-9-11-13-15-17-19-21-23-25-27-29-31-33-36-40-37-34-38-41-39(42)35-32-30-28-26-24-22-20-18-16-14-12-10-8-6-4-2/h17-20,40H,3-16,21-38H2,1-2H3,(H,41,42)/b19-17?,20-18-. The van der Waals surface area contributed by atoms with Crippen LogP contribution in [0.5, 0.6) is 0 Å². The molecular weight excluding hydrogens is 512 g/mol. The highest BCUT2D eigenvalue weighted by atomic mass is 16.1. The minimum Gasteiger partial charge on any atom is -0.356 e. The Bertz CT molecular complexity index is 571. The van der Waals surface area contributed by atoms with Gasteiger partial charge >= 0.3 is 0 Å². The van der Waals surface area contributed by atoms with Crippen LogP contribution in [0.4, 0.5) is 0 Å². The maximum absolute atomic E-state index is 12.0. The number of hydrogen-bond acceptors (Lipinski definition) is 2. The molecule has 3 heteroatoms. The van der Waals surface area contributed by atoms with Crippen molar-refractivity contribution in [1.82, 2.24) is 10.6 Å². The fourth-order valence-corrected chi connectivity index (χ4v) is 5.51. The van der Waals surface area contributed by atoms with E-state index in [0.29, 0.717) is 6.42 Å². The number of carbonyl (C=O) groups is 1. The maximum atomic E-state index is 12.0. The topological polar surface area (TPSA) is 41.1 Å². The third-order valence-corrected chi connectivity index (χ3v) is 8.38. The summed E-state index contributed by atoms with van der Waals surface area (Å²) < 4.78 is 0. The molecule has 0 fully saturated rings. The Morgan fingerprint density at radius 1 is 0.405 bits per heavy atom. The summed E-state index contributed by atoms with van der Waals surface area (Å²) in [5, 5.41) is 6.64. The molecule has 0 aromatic carbocycles. The highest BCUT2D eigenvalue weighted by Crippen LogP contribution is 2.11. The van der Waals surface area contributed by atoms with Crippen LogP contribution in [0.25, 0.3) is 0 Å². The van der Waals surface area contributed by atoms with E-state index in [2.05, 4.69) is 48.8 Å². The predicted octanol–water partition coefficient (Wildman–Crippen LogP) is 12.2. The van der Waals surface area contributed by atoms with Crippen molar-refractivity contribution in [2.24, 2.45) is 0 Å². The summed E-state index contributed by atoms with van der Waals surface area (Å²) in [7, 11) is 0. The van der Waals surface area contributed by atoms with Crippen molar-refractivity contribution in [2.45, 2.75) is 200 Å². The number of rotatable bonds is 35. The number of carbonyl (C=O) groups excluding carboxylic acids is 1. The van der Waals surface area contributed by atoms with Gasteiger partial charge in [-0.05, 0) is 83.7 Å². The maximum Gasteiger partial charge on any atom is 0.219 e. The molecule has 0 bridgehead atoms. The molecule has 42 heavy (non-hydrogen) atoms. The van der Waals surface area contributed by atoms with E-state index >= 15 is 0 Å². The van der Waals surface area contributed by atoms with E-state index in [9.17, 15) is 4.79 Å². The first-order valence-corrected chi connectivity index (χ1v) is 19.1. The third kappa shape index (κ3) is 36.9. The van der Waals surface area contributed by atoms with E-state index in [4.69, 9.17) is 0 Å². The average Bonchev–Trinajstić information content (AvgIpc) is 3.00. The van der Waals surface area contributed by atoms with E-state index in [1.165, 1.54) is 167 Å². The molecule has 0 unspecified atom stereocenters. The van der Waals surface area contributed by atoms with Crippen LogP contribution >= 0.6 is 0 Å². The van der Waals surface area contributed by atoms with E-state index in [-0.39, 0.29) is 5.91 Å². The van der Waals surface area contributed by atoms with E-state index in [1.807, 2.05) is 0 Å². The highest BCUT2D eigenvalue weighted by Gasteiger charge is 2.00. The Balaban J connectivity index is 3.21. The van der Waals surface area contributed by atoms with Crippen LogP contribution in [-0.4, -0.2) is 25.5 Å². The van der Waals surface area contributed by atoms with Crippen LogP contribution in [0.2, 0.25) is 0 Å². The summed E-state index contributed by atoms with van der Waals surface area (Å²) in [4.78, 5) is 12.0. The Labute approximate surface area is 264 Å². The first-order chi connectivity index (χ1) is 20.8. The molecule has 0 aromatic rings. The lowest BCUT2D eigenvalue weighted by atomic mass is 10.1. The van der Waals surface area contributed by atoms with Gasteiger partial charge < -0.3 is 10.6 Å². The number of hydrogen-bond donors (Lipinski definition) is 2. The lowest BCUT2D eigenvalue weighted by Crippen LogP contribution is -2.27. The zero-order chi connectivity index (χ0) is 30.4. The van der Waals surface area contributed by atoms with Crippen molar-refractivity contribution in [2.75, 3.05) is 19.6 Å². The third-order valence-electron chi connectivity index (χ3n) is 8.38. The van der Waals surface area contributed by atoms with Crippen LogP contribution in [-0.2, 0) is 4.79 Å². The molecule has 1 amide bonds. The first kappa shape index (κ1) is 40.9. The quantitative estimate of drug-likeness (QED) is 0.0571. The van der Waals surface area contributed by atoms with Gasteiger partial charge in [-0.1, -0.05) is 147 Å². The minimum atomic E-state index is 0.237. The minimum absolute atomic E-state index is 0.237. The summed E-state index contributed by atoms with van der Waals surface area (Å²) in [5.74, 6) is 0.237. The normalized spacial score (nSPS) is 11.8. The monoisotopic (exact) mass is 589 g/mol. The summed E-state index contributed by atoms with van der Waals surface area (Å²) >= 11 is 0. The molecule has 3 nitrogen and oxygen atoms in total. The summed E-state index contributed by atoms with van der Waals surface area (Å²) in [6, 6.07) is 0. The Kier molecular flexibility index (Phi) is 37.0. The molecule has 2 N–H and O–H groups in total. The van der Waals surface area contributed by atoms with Gasteiger partial charge in [0, 0.05) is 13.0 Å². The van der Waals surface area contributed by atoms with Gasteiger partial charge in [-0.3, -0.25) is 4.79 Å². The SMILES string of the molecule is CCCCCCCCC=CCCCCCCCCNCCCNC(=O)CCCCCCC/C=C\CCCCCCCC. The predicted molar refractivity (Wildman–Crippen MR) is 189 cm³/mol. The van der Waals surface area contributed by atoms with Crippen LogP contribution in [0, 0.1) is 0 Å². The molecular formula is C39H76N2O. The molecule has 0 saturated heterocycles. The van der Waals surface area contributed by atoms with E-state index in [1.54, 1.807) is 0 Å². The largest absolute Gasteiger partial charge is 0.356 e. The molecule has 0 aliphatic heterocycles. The molecule has 0 atom stereocenters. The van der Waals surface area contributed by atoms with Gasteiger partial charge in [-0.25, -0.2) is 0 Å². The van der Waals surface area contributed by atoms with Crippen molar-refractivity contribution in [3.8, 4) is 0 Å². The smallest absolute Gasteiger partial charge is 0.219 e. The zero-order valence-electron chi connectivity index (χ0n) is 28.8. The molecule has 0 aliphatic rings. The molecule has 0 spiro atoms. The molecule has 0 radical (unpaired) electrons. The van der Waals surface area contributed by atoms with Gasteiger partial charge in [-0.2, -0.15) is 0 Å². The Hall–Kier alpha value is -1.09. The van der Waals surface area contributed by atoms with Crippen molar-refractivity contribution < 1.29 is 4.79 Å². The molecule has 248 valence electrons. The lowest BCUT2D eigenvalue weighted by molar-refractivity contribution is -0.121. The molecule has 0 aromatic heterocycles. The second-order valence-electron chi connectivity index (χ2n) is 12.7. The number of amides is 1. The molecule has 0 heterocycles. The number of nitrogens with one attached hydrogen (secondary N) is 2. The van der Waals surface area contributed by atoms with Crippen molar-refractivity contribution in [3.05, 3.63) is 24.3 Å². The van der Waals surface area contributed by atoms with E-state index < -0.39 is 0 Å². The van der Waals surface area contributed by atoms with Crippen molar-refractivity contribution >= 4 is 5.91 Å². The van der Waals surface area contributed by atoms with E-state index in [0.717, 1.165) is 32.5 Å². The fraction of sp³-hybridized carbons (Fsp3) is 0.872. The van der Waals surface area contributed by atoms with Crippen molar-refractivity contribution in [3.63, 3.8) is 0 Å². The average molecular weight is 589 g/mol. The van der Waals surface area contributed by atoms with Crippen LogP contribution in [0.3, 0.4) is 0 Å². The molecule has 0 saturated carbocycles. The Morgan fingerprint density at radius 3 is 1.21 bits per heavy atom. The Morgan fingerprint density at radius 2 is 0.762 bits per heavy atom. The summed E-state index contributed by atoms with van der Waals surface area (Å²) in [6.07, 6.45) is 47.3. The summed E-state index contributed by atoms with van der Waals surface area (Å²) in [6.45, 7) is 7.50. The van der Waals surface area contributed by atoms with Gasteiger partial charge in [-0.15, -0.1) is 0 Å². The van der Waals surface area contributed by atoms with Gasteiger partial charge in [0.2, 0.25) is 5.91 Å². The van der Waals surface area contributed by atoms with Crippen molar-refractivity contribution in [1.29, 1.82) is 0 Å². The number of allylic oxidation sites excluding steroid dienone is 4. The molecule has 0 rings (SSSR count). The first-order valence-electron chi connectivity index (χ1n) is 19.1. The fourth-order valence-electron chi connectivity index (χ4n) is 5.51. The van der Waals surface area contributed by atoms with Gasteiger partial charge in [0.1, 0.15) is 0 Å². The van der Waals surface area contributed by atoms with Gasteiger partial charge in [0.15, 0.2) is 0 Å².